The fourth-order valence-corrected chi connectivity index (χ4v) is 3.49. The molecule has 0 unspecified atom stereocenters. The molecule has 0 saturated heterocycles. The Hall–Kier alpha value is -2.25. The van der Waals surface area contributed by atoms with E-state index < -0.39 is 0 Å². The fourth-order valence-electron chi connectivity index (χ4n) is 3.49. The van der Waals surface area contributed by atoms with Gasteiger partial charge in [-0.1, -0.05) is 44.2 Å². The van der Waals surface area contributed by atoms with Crippen LogP contribution in [-0.4, -0.2) is 52.4 Å². The summed E-state index contributed by atoms with van der Waals surface area (Å²) in [5.41, 5.74) is 1.32. The van der Waals surface area contributed by atoms with E-state index in [-0.39, 0.29) is 24.5 Å². The van der Waals surface area contributed by atoms with E-state index in [1.165, 1.54) is 12.7 Å². The fraction of sp³-hybridized carbons (Fsp3) is 0.550. The molecule has 0 saturated carbocycles. The van der Waals surface area contributed by atoms with Crippen molar-refractivity contribution in [2.75, 3.05) is 26.8 Å². The van der Waals surface area contributed by atoms with Crippen LogP contribution in [0.25, 0.3) is 0 Å². The van der Waals surface area contributed by atoms with Crippen LogP contribution in [0.15, 0.2) is 30.3 Å². The van der Waals surface area contributed by atoms with Gasteiger partial charge < -0.3 is 14.6 Å². The summed E-state index contributed by atoms with van der Waals surface area (Å²) in [4.78, 5) is 14.5. The van der Waals surface area contributed by atoms with Crippen LogP contribution in [-0.2, 0) is 29.0 Å². The quantitative estimate of drug-likeness (QED) is 0.803. The zero-order chi connectivity index (χ0) is 19.2. The highest BCUT2D eigenvalue weighted by Crippen LogP contribution is 2.22. The lowest BCUT2D eigenvalue weighted by atomic mass is 10.0. The van der Waals surface area contributed by atoms with E-state index in [0.29, 0.717) is 0 Å². The number of ether oxygens (including phenoxy) is 1. The molecule has 1 atom stereocenters. The Morgan fingerprint density at radius 2 is 1.96 bits per heavy atom. The van der Waals surface area contributed by atoms with Crippen LogP contribution < -0.4 is 5.32 Å². The summed E-state index contributed by atoms with van der Waals surface area (Å²) >= 11 is 0. The molecule has 3 rings (SSSR count). The molecule has 2 aromatic rings. The molecule has 7 nitrogen and oxygen atoms in total. The van der Waals surface area contributed by atoms with Gasteiger partial charge in [-0.15, -0.1) is 10.2 Å². The van der Waals surface area contributed by atoms with Gasteiger partial charge in [0.2, 0.25) is 5.91 Å². The van der Waals surface area contributed by atoms with Crippen molar-refractivity contribution in [3.63, 3.8) is 0 Å². The first-order valence-electron chi connectivity index (χ1n) is 9.55. The van der Waals surface area contributed by atoms with Gasteiger partial charge in [0.15, 0.2) is 5.82 Å². The van der Waals surface area contributed by atoms with Crippen molar-refractivity contribution in [1.82, 2.24) is 25.0 Å². The molecule has 27 heavy (non-hydrogen) atoms. The van der Waals surface area contributed by atoms with Gasteiger partial charge in [-0.3, -0.25) is 9.69 Å². The molecule has 0 bridgehead atoms. The van der Waals surface area contributed by atoms with Gasteiger partial charge in [-0.2, -0.15) is 0 Å². The van der Waals surface area contributed by atoms with Crippen molar-refractivity contribution < 1.29 is 9.53 Å². The number of hydrogen-bond acceptors (Lipinski definition) is 5. The molecule has 1 aliphatic heterocycles. The van der Waals surface area contributed by atoms with Crippen molar-refractivity contribution in [3.05, 3.63) is 47.5 Å². The highest BCUT2D eigenvalue weighted by atomic mass is 16.5. The summed E-state index contributed by atoms with van der Waals surface area (Å²) in [6.07, 6.45) is 0.858. The van der Waals surface area contributed by atoms with Crippen LogP contribution in [0.1, 0.15) is 37.1 Å². The average Bonchev–Trinajstić information content (AvgIpc) is 2.94. The summed E-state index contributed by atoms with van der Waals surface area (Å²) in [5, 5.41) is 11.9. The molecule has 2 heterocycles. The summed E-state index contributed by atoms with van der Waals surface area (Å²) in [5.74, 6) is 1.91. The molecular weight excluding hydrogens is 342 g/mol. The van der Waals surface area contributed by atoms with Crippen LogP contribution >= 0.6 is 0 Å². The molecular formula is C20H29N5O2. The van der Waals surface area contributed by atoms with E-state index in [1.807, 2.05) is 6.07 Å². The van der Waals surface area contributed by atoms with Gasteiger partial charge in [0.05, 0.1) is 6.04 Å². The van der Waals surface area contributed by atoms with Gasteiger partial charge in [0, 0.05) is 39.7 Å². The van der Waals surface area contributed by atoms with Gasteiger partial charge in [-0.25, -0.2) is 0 Å². The number of amides is 1. The van der Waals surface area contributed by atoms with E-state index in [1.54, 1.807) is 0 Å². The third kappa shape index (κ3) is 4.93. The van der Waals surface area contributed by atoms with Crippen molar-refractivity contribution in [3.8, 4) is 0 Å². The van der Waals surface area contributed by atoms with Crippen LogP contribution in [0, 0.1) is 5.92 Å². The maximum Gasteiger partial charge on any atom is 0.246 e. The Labute approximate surface area is 160 Å². The van der Waals surface area contributed by atoms with E-state index in [4.69, 9.17) is 4.74 Å². The van der Waals surface area contributed by atoms with Gasteiger partial charge in [0.25, 0.3) is 0 Å². The second-order valence-corrected chi connectivity index (χ2v) is 7.36. The van der Waals surface area contributed by atoms with Gasteiger partial charge in [-0.05, 0) is 11.5 Å². The summed E-state index contributed by atoms with van der Waals surface area (Å²) in [6.45, 7) is 7.87. The third-order valence-electron chi connectivity index (χ3n) is 4.93. The maximum absolute atomic E-state index is 12.0. The monoisotopic (exact) mass is 371 g/mol. The first kappa shape index (κ1) is 19.5. The molecule has 1 N–H and O–H groups in total. The minimum atomic E-state index is -0.172. The Kier molecular flexibility index (Phi) is 6.58. The second kappa shape index (κ2) is 9.10. The van der Waals surface area contributed by atoms with Crippen molar-refractivity contribution in [2.24, 2.45) is 5.92 Å². The van der Waals surface area contributed by atoms with Crippen molar-refractivity contribution >= 4 is 5.91 Å². The summed E-state index contributed by atoms with van der Waals surface area (Å²) < 4.78 is 7.13. The Balaban J connectivity index is 1.72. The highest BCUT2D eigenvalue weighted by molar-refractivity contribution is 5.77. The zero-order valence-corrected chi connectivity index (χ0v) is 16.4. The topological polar surface area (TPSA) is 72.3 Å². The number of methoxy groups -OCH3 is 1. The molecule has 1 aromatic carbocycles. The van der Waals surface area contributed by atoms with Crippen LogP contribution in [0.3, 0.4) is 0 Å². The summed E-state index contributed by atoms with van der Waals surface area (Å²) in [7, 11) is 1.52. The first-order chi connectivity index (χ1) is 13.1. The molecule has 0 fully saturated rings. The minimum Gasteiger partial charge on any atom is -0.375 e. The van der Waals surface area contributed by atoms with E-state index in [9.17, 15) is 4.79 Å². The van der Waals surface area contributed by atoms with E-state index in [2.05, 4.69) is 63.1 Å². The molecule has 0 aliphatic carbocycles. The van der Waals surface area contributed by atoms with Gasteiger partial charge >= 0.3 is 0 Å². The lowest BCUT2D eigenvalue weighted by Crippen LogP contribution is -2.36. The third-order valence-corrected chi connectivity index (χ3v) is 4.93. The number of hydrogen-bond donors (Lipinski definition) is 1. The number of nitrogens with one attached hydrogen (secondary N) is 1. The SMILES string of the molecule is COCC(=O)N[C@@H](c1nnc2n1CCN(Cc1ccccc1)CC2)C(C)C. The number of aromatic nitrogens is 3. The van der Waals surface area contributed by atoms with Crippen LogP contribution in [0.5, 0.6) is 0 Å². The standard InChI is InChI=1S/C20H29N5O2/c1-15(2)19(21-18(26)14-27-3)20-23-22-17-9-10-24(11-12-25(17)20)13-16-7-5-4-6-8-16/h4-8,15,19H,9-14H2,1-3H3,(H,21,26)/t19-/m1/s1. The molecule has 1 aliphatic rings. The number of benzene rings is 1. The number of nitrogens with zero attached hydrogens (tertiary/aromatic N) is 4. The molecule has 0 spiro atoms. The van der Waals surface area contributed by atoms with E-state index >= 15 is 0 Å². The molecule has 1 aromatic heterocycles. The second-order valence-electron chi connectivity index (χ2n) is 7.36. The van der Waals surface area contributed by atoms with Crippen molar-refractivity contribution in [1.29, 1.82) is 0 Å². The Bertz CT molecular complexity index is 744. The number of rotatable bonds is 7. The Morgan fingerprint density at radius 1 is 1.19 bits per heavy atom. The highest BCUT2D eigenvalue weighted by Gasteiger charge is 2.27. The van der Waals surface area contributed by atoms with E-state index in [0.717, 1.165) is 44.2 Å². The molecule has 1 amide bonds. The van der Waals surface area contributed by atoms with Crippen LogP contribution in [0.4, 0.5) is 0 Å². The number of carbonyl (C=O) groups excluding carboxylic acids is 1. The first-order valence-corrected chi connectivity index (χ1v) is 9.55. The zero-order valence-electron chi connectivity index (χ0n) is 16.4. The van der Waals surface area contributed by atoms with Gasteiger partial charge in [0.1, 0.15) is 12.4 Å². The predicted octanol–water partition coefficient (Wildman–Crippen LogP) is 1.80. The number of carbonyl (C=O) groups is 1. The number of fused-ring (bicyclic) bond motifs is 1. The lowest BCUT2D eigenvalue weighted by Gasteiger charge is -2.23. The average molecular weight is 371 g/mol. The maximum atomic E-state index is 12.0. The normalized spacial score (nSPS) is 16.0. The summed E-state index contributed by atoms with van der Waals surface area (Å²) in [6, 6.07) is 10.4. The minimum absolute atomic E-state index is 0.0507. The predicted molar refractivity (Wildman–Crippen MR) is 103 cm³/mol. The van der Waals surface area contributed by atoms with Crippen LogP contribution in [0.2, 0.25) is 0 Å². The Morgan fingerprint density at radius 3 is 2.67 bits per heavy atom. The lowest BCUT2D eigenvalue weighted by molar-refractivity contribution is -0.125. The smallest absolute Gasteiger partial charge is 0.246 e. The molecule has 146 valence electrons. The largest absolute Gasteiger partial charge is 0.375 e. The van der Waals surface area contributed by atoms with Crippen molar-refractivity contribution in [2.45, 2.75) is 39.4 Å². The molecule has 7 heteroatoms. The molecule has 0 radical (unpaired) electrons.